The van der Waals surface area contributed by atoms with Crippen LogP contribution in [0.3, 0.4) is 0 Å². The lowest BCUT2D eigenvalue weighted by Gasteiger charge is -2.05. The molecule has 2 aromatic rings. The Morgan fingerprint density at radius 2 is 1.81 bits per heavy atom. The number of aromatic nitrogens is 3. The van der Waals surface area contributed by atoms with Crippen LogP contribution in [0.1, 0.15) is 26.4 Å². The largest absolute Gasteiger partial charge is 0.465 e. The molecule has 2 rings (SSSR count). The summed E-state index contributed by atoms with van der Waals surface area (Å²) >= 11 is 6.04. The van der Waals surface area contributed by atoms with Gasteiger partial charge in [-0.15, -0.1) is 0 Å². The van der Waals surface area contributed by atoms with Crippen molar-refractivity contribution >= 4 is 23.5 Å². The number of carbonyl (C=O) groups is 2. The number of halogens is 1. The first-order valence-electron chi connectivity index (χ1n) is 5.86. The average molecular weight is 310 g/mol. The van der Waals surface area contributed by atoms with Gasteiger partial charge in [-0.05, 0) is 6.92 Å². The fourth-order valence-corrected chi connectivity index (χ4v) is 2.16. The van der Waals surface area contributed by atoms with Crippen molar-refractivity contribution in [1.29, 1.82) is 0 Å². The van der Waals surface area contributed by atoms with Crippen LogP contribution in [0.2, 0.25) is 5.02 Å². The first-order valence-corrected chi connectivity index (χ1v) is 6.24. The number of hydrogen-bond donors (Lipinski definition) is 1. The molecule has 2 aromatic heterocycles. The highest BCUT2D eigenvalue weighted by Crippen LogP contribution is 2.31. The average Bonchev–Trinajstić information content (AvgIpc) is 2.83. The Labute approximate surface area is 125 Å². The minimum absolute atomic E-state index is 0.0300. The molecule has 0 atom stereocenters. The minimum Gasteiger partial charge on any atom is -0.465 e. The van der Waals surface area contributed by atoms with E-state index in [1.807, 2.05) is 0 Å². The van der Waals surface area contributed by atoms with Gasteiger partial charge in [0.25, 0.3) is 0 Å². The minimum atomic E-state index is -0.690. The maximum absolute atomic E-state index is 12.0. The monoisotopic (exact) mass is 309 g/mol. The number of methoxy groups -OCH3 is 2. The molecule has 1 N–H and O–H groups in total. The molecular weight excluding hydrogens is 298 g/mol. The molecule has 0 fully saturated rings. The number of rotatable bonds is 3. The van der Waals surface area contributed by atoms with Crippen LogP contribution in [0.25, 0.3) is 11.4 Å². The summed E-state index contributed by atoms with van der Waals surface area (Å²) in [6, 6.07) is 0. The van der Waals surface area contributed by atoms with Crippen molar-refractivity contribution in [3.05, 3.63) is 34.4 Å². The number of ether oxygens (including phenoxy) is 2. The molecule has 8 heteroatoms. The van der Waals surface area contributed by atoms with E-state index in [0.717, 1.165) is 0 Å². The first kappa shape index (κ1) is 15.0. The van der Waals surface area contributed by atoms with Crippen molar-refractivity contribution in [2.75, 3.05) is 14.2 Å². The summed E-state index contributed by atoms with van der Waals surface area (Å²) in [5.41, 5.74) is 1.15. The maximum Gasteiger partial charge on any atom is 0.341 e. The van der Waals surface area contributed by atoms with Gasteiger partial charge in [0.1, 0.15) is 17.6 Å². The first-order chi connectivity index (χ1) is 10.0. The second-order valence-electron chi connectivity index (χ2n) is 4.08. The number of carbonyl (C=O) groups excluding carboxylic acids is 2. The van der Waals surface area contributed by atoms with Crippen molar-refractivity contribution in [3.63, 3.8) is 0 Å². The van der Waals surface area contributed by atoms with Gasteiger partial charge in [0.05, 0.1) is 30.5 Å². The predicted molar refractivity (Wildman–Crippen MR) is 74.2 cm³/mol. The fourth-order valence-electron chi connectivity index (χ4n) is 1.96. The number of nitrogens with zero attached hydrogens (tertiary/aromatic N) is 2. The molecule has 21 heavy (non-hydrogen) atoms. The van der Waals surface area contributed by atoms with E-state index in [-0.39, 0.29) is 21.8 Å². The van der Waals surface area contributed by atoms with E-state index in [1.54, 1.807) is 6.92 Å². The Hall–Kier alpha value is -2.41. The molecule has 0 radical (unpaired) electrons. The van der Waals surface area contributed by atoms with Crippen LogP contribution < -0.4 is 0 Å². The summed E-state index contributed by atoms with van der Waals surface area (Å²) < 4.78 is 9.43. The van der Waals surface area contributed by atoms with Gasteiger partial charge >= 0.3 is 11.9 Å². The van der Waals surface area contributed by atoms with Gasteiger partial charge in [-0.25, -0.2) is 19.6 Å². The van der Waals surface area contributed by atoms with Crippen LogP contribution in [0, 0.1) is 6.92 Å². The van der Waals surface area contributed by atoms with Gasteiger partial charge < -0.3 is 14.5 Å². The molecule has 0 aromatic carbocycles. The Bertz CT molecular complexity index is 711. The topological polar surface area (TPSA) is 94.2 Å². The Morgan fingerprint density at radius 3 is 2.38 bits per heavy atom. The molecule has 0 amide bonds. The zero-order valence-electron chi connectivity index (χ0n) is 11.6. The molecule has 0 unspecified atom stereocenters. The van der Waals surface area contributed by atoms with Crippen molar-refractivity contribution in [2.45, 2.75) is 6.92 Å². The van der Waals surface area contributed by atoms with Gasteiger partial charge in [0.2, 0.25) is 0 Å². The van der Waals surface area contributed by atoms with E-state index in [4.69, 9.17) is 21.1 Å². The number of aromatic amines is 1. The van der Waals surface area contributed by atoms with Crippen LogP contribution in [0.4, 0.5) is 0 Å². The van der Waals surface area contributed by atoms with Gasteiger partial charge in [-0.1, -0.05) is 11.6 Å². The molecule has 0 saturated carbocycles. The highest BCUT2D eigenvalue weighted by Gasteiger charge is 2.29. The van der Waals surface area contributed by atoms with E-state index >= 15 is 0 Å². The van der Waals surface area contributed by atoms with Crippen molar-refractivity contribution in [1.82, 2.24) is 15.0 Å². The fraction of sp³-hybridized carbons (Fsp3) is 0.231. The summed E-state index contributed by atoms with van der Waals surface area (Å²) in [4.78, 5) is 34.7. The molecule has 0 aliphatic rings. The number of esters is 2. The highest BCUT2D eigenvalue weighted by atomic mass is 35.5. The van der Waals surface area contributed by atoms with Crippen LogP contribution in [-0.4, -0.2) is 41.1 Å². The van der Waals surface area contributed by atoms with E-state index in [0.29, 0.717) is 11.4 Å². The summed E-state index contributed by atoms with van der Waals surface area (Å²) in [7, 11) is 2.45. The Kier molecular flexibility index (Phi) is 4.23. The Balaban J connectivity index is 2.76. The zero-order valence-corrected chi connectivity index (χ0v) is 12.3. The lowest BCUT2D eigenvalue weighted by molar-refractivity contribution is 0.0556. The smallest absolute Gasteiger partial charge is 0.341 e. The van der Waals surface area contributed by atoms with Crippen LogP contribution in [-0.2, 0) is 9.47 Å². The molecule has 7 nitrogen and oxygen atoms in total. The van der Waals surface area contributed by atoms with Crippen molar-refractivity contribution < 1.29 is 19.1 Å². The van der Waals surface area contributed by atoms with Crippen LogP contribution >= 0.6 is 11.6 Å². The molecule has 0 spiro atoms. The number of nitrogens with one attached hydrogen (secondary N) is 1. The second-order valence-corrected chi connectivity index (χ2v) is 4.48. The van der Waals surface area contributed by atoms with Gasteiger partial charge in [-0.2, -0.15) is 0 Å². The van der Waals surface area contributed by atoms with Crippen LogP contribution in [0.15, 0.2) is 12.5 Å². The van der Waals surface area contributed by atoms with E-state index in [1.165, 1.54) is 26.7 Å². The number of aryl methyl sites for hydroxylation is 1. The molecule has 2 heterocycles. The van der Waals surface area contributed by atoms with Crippen molar-refractivity contribution in [3.8, 4) is 11.4 Å². The summed E-state index contributed by atoms with van der Waals surface area (Å²) in [5, 5.41) is 0.236. The molecule has 0 bridgehead atoms. The van der Waals surface area contributed by atoms with Gasteiger partial charge in [-0.3, -0.25) is 0 Å². The predicted octanol–water partition coefficient (Wildman–Crippen LogP) is 2.01. The normalized spacial score (nSPS) is 10.3. The second kappa shape index (κ2) is 5.92. The Morgan fingerprint density at radius 1 is 1.19 bits per heavy atom. The third kappa shape index (κ3) is 2.59. The van der Waals surface area contributed by atoms with E-state index < -0.39 is 11.9 Å². The standard InChI is InChI=1S/C13H12ClN3O4/c1-6-8(12(18)20-2)9(13(19)21-3)11(17-6)10-7(14)4-15-5-16-10/h4-5,17H,1-3H3. The SMILES string of the molecule is COC(=O)c1c(C)[nH]c(-c2ncncc2Cl)c1C(=O)OC. The van der Waals surface area contributed by atoms with Crippen LogP contribution in [0.5, 0.6) is 0 Å². The quantitative estimate of drug-likeness (QED) is 0.872. The molecule has 0 saturated heterocycles. The number of H-pyrrole nitrogens is 1. The summed E-state index contributed by atoms with van der Waals surface area (Å²) in [6.07, 6.45) is 2.68. The lowest BCUT2D eigenvalue weighted by atomic mass is 10.1. The summed E-state index contributed by atoms with van der Waals surface area (Å²) in [6.45, 7) is 1.64. The lowest BCUT2D eigenvalue weighted by Crippen LogP contribution is -2.11. The van der Waals surface area contributed by atoms with Gasteiger partial charge in [0.15, 0.2) is 0 Å². The number of hydrogen-bond acceptors (Lipinski definition) is 6. The van der Waals surface area contributed by atoms with Gasteiger partial charge in [0, 0.05) is 11.9 Å². The molecule has 0 aliphatic carbocycles. The van der Waals surface area contributed by atoms with Crippen molar-refractivity contribution in [2.24, 2.45) is 0 Å². The zero-order chi connectivity index (χ0) is 15.6. The molecule has 110 valence electrons. The third-order valence-electron chi connectivity index (χ3n) is 2.87. The summed E-state index contributed by atoms with van der Waals surface area (Å²) in [5.74, 6) is -1.34. The van der Waals surface area contributed by atoms with E-state index in [2.05, 4.69) is 15.0 Å². The third-order valence-corrected chi connectivity index (χ3v) is 3.15. The highest BCUT2D eigenvalue weighted by molar-refractivity contribution is 6.33. The molecule has 0 aliphatic heterocycles. The van der Waals surface area contributed by atoms with E-state index in [9.17, 15) is 9.59 Å². The maximum atomic E-state index is 12.0. The molecular formula is C13H12ClN3O4.